The van der Waals surface area contributed by atoms with Crippen molar-refractivity contribution >= 4 is 18.3 Å². The van der Waals surface area contributed by atoms with Gasteiger partial charge in [0.1, 0.15) is 11.5 Å². The van der Waals surface area contributed by atoms with E-state index in [-0.39, 0.29) is 23.7 Å². The molecule has 0 radical (unpaired) electrons. The Hall–Kier alpha value is -2.04. The summed E-state index contributed by atoms with van der Waals surface area (Å²) in [4.78, 5) is 14.5. The van der Waals surface area contributed by atoms with Gasteiger partial charge < -0.3 is 15.4 Å². The second-order valence-electron chi connectivity index (χ2n) is 6.43. The van der Waals surface area contributed by atoms with Gasteiger partial charge in [-0.05, 0) is 54.8 Å². The maximum absolute atomic E-state index is 12.6. The van der Waals surface area contributed by atoms with Crippen LogP contribution in [0.15, 0.2) is 54.6 Å². The summed E-state index contributed by atoms with van der Waals surface area (Å²) in [5.41, 5.74) is 6.54. The molecule has 2 aromatic rings. The van der Waals surface area contributed by atoms with Gasteiger partial charge in [-0.15, -0.1) is 12.4 Å². The first-order chi connectivity index (χ1) is 11.1. The van der Waals surface area contributed by atoms with Gasteiger partial charge in [0.2, 0.25) is 0 Å². The highest BCUT2D eigenvalue weighted by molar-refractivity contribution is 5.94. The highest BCUT2D eigenvalue weighted by Crippen LogP contribution is 2.30. The van der Waals surface area contributed by atoms with Crippen molar-refractivity contribution in [3.05, 3.63) is 60.2 Å². The van der Waals surface area contributed by atoms with E-state index in [4.69, 9.17) is 10.5 Å². The molecule has 1 fully saturated rings. The molecule has 1 amide bonds. The number of para-hydroxylation sites is 1. The minimum Gasteiger partial charge on any atom is -0.457 e. The summed E-state index contributed by atoms with van der Waals surface area (Å²) in [6.45, 7) is 4.25. The van der Waals surface area contributed by atoms with Crippen molar-refractivity contribution in [2.75, 3.05) is 19.6 Å². The van der Waals surface area contributed by atoms with E-state index in [2.05, 4.69) is 6.92 Å². The third kappa shape index (κ3) is 4.08. The molecule has 0 bridgehead atoms. The molecule has 5 heteroatoms. The molecular weight excluding hydrogens is 324 g/mol. The fourth-order valence-corrected chi connectivity index (χ4v) is 2.84. The monoisotopic (exact) mass is 346 g/mol. The zero-order valence-electron chi connectivity index (χ0n) is 13.8. The van der Waals surface area contributed by atoms with E-state index in [0.29, 0.717) is 12.1 Å². The van der Waals surface area contributed by atoms with Crippen molar-refractivity contribution in [3.8, 4) is 11.5 Å². The summed E-state index contributed by atoms with van der Waals surface area (Å²) in [7, 11) is 0. The predicted octanol–water partition coefficient (Wildman–Crippen LogP) is 3.71. The lowest BCUT2D eigenvalue weighted by molar-refractivity contribution is 0.0777. The van der Waals surface area contributed by atoms with Crippen LogP contribution in [0.1, 0.15) is 23.7 Å². The maximum atomic E-state index is 12.6. The molecule has 1 heterocycles. The van der Waals surface area contributed by atoms with Crippen LogP contribution in [-0.4, -0.2) is 30.4 Å². The molecule has 2 aromatic carbocycles. The van der Waals surface area contributed by atoms with Gasteiger partial charge in [-0.1, -0.05) is 25.1 Å². The number of carbonyl (C=O) groups excluding carboxylic acids is 1. The van der Waals surface area contributed by atoms with Gasteiger partial charge in [0.15, 0.2) is 0 Å². The van der Waals surface area contributed by atoms with Gasteiger partial charge in [0, 0.05) is 18.7 Å². The van der Waals surface area contributed by atoms with E-state index in [1.807, 2.05) is 59.5 Å². The number of rotatable bonds is 4. The van der Waals surface area contributed by atoms with Gasteiger partial charge in [0.05, 0.1) is 0 Å². The fraction of sp³-hybridized carbons (Fsp3) is 0.316. The van der Waals surface area contributed by atoms with E-state index in [9.17, 15) is 4.79 Å². The van der Waals surface area contributed by atoms with Crippen LogP contribution in [0.4, 0.5) is 0 Å². The average molecular weight is 347 g/mol. The average Bonchev–Trinajstić information content (AvgIpc) is 2.99. The predicted molar refractivity (Wildman–Crippen MR) is 97.9 cm³/mol. The van der Waals surface area contributed by atoms with Gasteiger partial charge in [-0.3, -0.25) is 4.79 Å². The Kier molecular flexibility index (Phi) is 5.86. The molecule has 0 aliphatic carbocycles. The number of carbonyl (C=O) groups is 1. The van der Waals surface area contributed by atoms with Crippen LogP contribution in [0.5, 0.6) is 11.5 Å². The van der Waals surface area contributed by atoms with Gasteiger partial charge in [0.25, 0.3) is 5.91 Å². The van der Waals surface area contributed by atoms with Crippen molar-refractivity contribution < 1.29 is 9.53 Å². The minimum atomic E-state index is 0. The van der Waals surface area contributed by atoms with Gasteiger partial charge in [-0.25, -0.2) is 0 Å². The summed E-state index contributed by atoms with van der Waals surface area (Å²) in [6, 6.07) is 16.9. The Labute approximate surface area is 149 Å². The van der Waals surface area contributed by atoms with Crippen LogP contribution >= 0.6 is 12.4 Å². The van der Waals surface area contributed by atoms with Gasteiger partial charge >= 0.3 is 0 Å². The first-order valence-corrected chi connectivity index (χ1v) is 7.92. The van der Waals surface area contributed by atoms with Crippen LogP contribution in [-0.2, 0) is 0 Å². The fourth-order valence-electron chi connectivity index (χ4n) is 2.84. The normalized spacial score (nSPS) is 19.7. The highest BCUT2D eigenvalue weighted by Gasteiger charge is 2.35. The quantitative estimate of drug-likeness (QED) is 0.918. The Morgan fingerprint density at radius 2 is 1.75 bits per heavy atom. The van der Waals surface area contributed by atoms with Gasteiger partial charge in [-0.2, -0.15) is 0 Å². The molecule has 4 nitrogen and oxygen atoms in total. The van der Waals surface area contributed by atoms with Crippen molar-refractivity contribution in [3.63, 3.8) is 0 Å². The first-order valence-electron chi connectivity index (χ1n) is 7.92. The summed E-state index contributed by atoms with van der Waals surface area (Å²) in [6.07, 6.45) is 0.963. The lowest BCUT2D eigenvalue weighted by atomic mass is 9.90. The third-order valence-electron chi connectivity index (χ3n) is 4.42. The van der Waals surface area contributed by atoms with Crippen LogP contribution < -0.4 is 10.5 Å². The zero-order valence-corrected chi connectivity index (χ0v) is 14.6. The van der Waals surface area contributed by atoms with Crippen molar-refractivity contribution in [1.29, 1.82) is 0 Å². The molecule has 128 valence electrons. The molecule has 1 unspecified atom stereocenters. The first kappa shape index (κ1) is 18.3. The number of nitrogens with zero attached hydrogens (tertiary/aromatic N) is 1. The lowest BCUT2D eigenvalue weighted by Crippen LogP contribution is -2.34. The molecule has 1 saturated heterocycles. The van der Waals surface area contributed by atoms with Crippen LogP contribution in [0.25, 0.3) is 0 Å². The number of ether oxygens (including phenoxy) is 1. The Morgan fingerprint density at radius 1 is 1.12 bits per heavy atom. The molecule has 0 spiro atoms. The largest absolute Gasteiger partial charge is 0.457 e. The maximum Gasteiger partial charge on any atom is 0.253 e. The van der Waals surface area contributed by atoms with Crippen LogP contribution in [0, 0.1) is 5.41 Å². The number of nitrogens with two attached hydrogens (primary N) is 1. The molecule has 1 aliphatic rings. The van der Waals surface area contributed by atoms with E-state index in [1.54, 1.807) is 0 Å². The SMILES string of the molecule is CC1(CN)CCN(C(=O)c2ccc(Oc3ccccc3)cc2)C1.Cl. The molecule has 24 heavy (non-hydrogen) atoms. The number of amides is 1. The molecular formula is C19H23ClN2O2. The van der Waals surface area contributed by atoms with E-state index >= 15 is 0 Å². The molecule has 2 N–H and O–H groups in total. The molecule has 0 aromatic heterocycles. The van der Waals surface area contributed by atoms with Crippen molar-refractivity contribution in [2.24, 2.45) is 11.1 Å². The minimum absolute atomic E-state index is 0. The topological polar surface area (TPSA) is 55.6 Å². The number of likely N-dealkylation sites (tertiary alicyclic amines) is 1. The Bertz CT molecular complexity index is 676. The Balaban J connectivity index is 0.00000208. The van der Waals surface area contributed by atoms with Crippen molar-refractivity contribution in [2.45, 2.75) is 13.3 Å². The second kappa shape index (κ2) is 7.69. The molecule has 3 rings (SSSR count). The zero-order chi connectivity index (χ0) is 16.3. The van der Waals surface area contributed by atoms with E-state index in [0.717, 1.165) is 31.0 Å². The van der Waals surface area contributed by atoms with Crippen LogP contribution in [0.3, 0.4) is 0 Å². The molecule has 0 saturated carbocycles. The van der Waals surface area contributed by atoms with Crippen LogP contribution in [0.2, 0.25) is 0 Å². The second-order valence-corrected chi connectivity index (χ2v) is 6.43. The highest BCUT2D eigenvalue weighted by atomic mass is 35.5. The standard InChI is InChI=1S/C19H22N2O2.ClH/c1-19(13-20)11-12-21(14-19)18(22)15-7-9-17(10-8-15)23-16-5-3-2-4-6-16;/h2-10H,11-14,20H2,1H3;1H. The summed E-state index contributed by atoms with van der Waals surface area (Å²) in [5, 5.41) is 0. The number of halogens is 1. The summed E-state index contributed by atoms with van der Waals surface area (Å²) in [5.74, 6) is 1.57. The smallest absolute Gasteiger partial charge is 0.253 e. The third-order valence-corrected chi connectivity index (χ3v) is 4.42. The summed E-state index contributed by atoms with van der Waals surface area (Å²) >= 11 is 0. The Morgan fingerprint density at radius 3 is 2.33 bits per heavy atom. The number of hydrogen-bond acceptors (Lipinski definition) is 3. The lowest BCUT2D eigenvalue weighted by Gasteiger charge is -2.22. The van der Waals surface area contributed by atoms with E-state index < -0.39 is 0 Å². The number of benzene rings is 2. The molecule has 1 atom stereocenters. The number of hydrogen-bond donors (Lipinski definition) is 1. The summed E-state index contributed by atoms with van der Waals surface area (Å²) < 4.78 is 5.75. The van der Waals surface area contributed by atoms with Crippen molar-refractivity contribution in [1.82, 2.24) is 4.90 Å². The van der Waals surface area contributed by atoms with E-state index in [1.165, 1.54) is 0 Å². The molecule has 1 aliphatic heterocycles.